The molecule has 0 bridgehead atoms. The molecule has 2 fully saturated rings. The molecule has 2 atom stereocenters. The van der Waals surface area contributed by atoms with Crippen LogP contribution in [0.25, 0.3) is 0 Å². The second-order valence-corrected chi connectivity index (χ2v) is 5.10. The van der Waals surface area contributed by atoms with Crippen molar-refractivity contribution in [2.75, 3.05) is 6.54 Å². The summed E-state index contributed by atoms with van der Waals surface area (Å²) in [6.07, 6.45) is 3.83. The number of carboxylic acids is 1. The molecule has 6 nitrogen and oxygen atoms in total. The van der Waals surface area contributed by atoms with Crippen LogP contribution in [0.3, 0.4) is 0 Å². The van der Waals surface area contributed by atoms with Gasteiger partial charge in [0.1, 0.15) is 6.04 Å². The lowest BCUT2D eigenvalue weighted by Crippen LogP contribution is -2.44. The number of nitrogens with one attached hydrogen (secondary N) is 1. The van der Waals surface area contributed by atoms with Crippen LogP contribution in [0, 0.1) is 5.92 Å². The van der Waals surface area contributed by atoms with Crippen LogP contribution in [0.5, 0.6) is 0 Å². The van der Waals surface area contributed by atoms with Gasteiger partial charge in [0.25, 0.3) is 0 Å². The molecule has 1 heterocycles. The fourth-order valence-electron chi connectivity index (χ4n) is 2.32. The van der Waals surface area contributed by atoms with E-state index in [0.29, 0.717) is 12.6 Å². The second-order valence-electron chi connectivity index (χ2n) is 5.10. The first-order chi connectivity index (χ1) is 9.02. The topological polar surface area (TPSA) is 86.7 Å². The summed E-state index contributed by atoms with van der Waals surface area (Å²) >= 11 is 0. The van der Waals surface area contributed by atoms with Gasteiger partial charge in [0.05, 0.1) is 5.92 Å². The Hall–Kier alpha value is -1.85. The molecule has 0 aromatic carbocycles. The number of amides is 2. The number of carbonyl (C=O) groups excluding carboxylic acids is 2. The Morgan fingerprint density at radius 1 is 1.53 bits per heavy atom. The normalized spacial score (nSPS) is 24.1. The van der Waals surface area contributed by atoms with Gasteiger partial charge in [-0.15, -0.1) is 6.58 Å². The maximum absolute atomic E-state index is 12.0. The average Bonchev–Trinajstić information content (AvgIpc) is 3.11. The third-order valence-electron chi connectivity index (χ3n) is 3.53. The van der Waals surface area contributed by atoms with Gasteiger partial charge in [-0.2, -0.15) is 0 Å². The van der Waals surface area contributed by atoms with E-state index in [9.17, 15) is 14.4 Å². The van der Waals surface area contributed by atoms with Crippen LogP contribution < -0.4 is 5.32 Å². The smallest absolute Gasteiger partial charge is 0.326 e. The van der Waals surface area contributed by atoms with Crippen LogP contribution >= 0.6 is 0 Å². The number of likely N-dealkylation sites (tertiary alicyclic amines) is 1. The van der Waals surface area contributed by atoms with Gasteiger partial charge in [-0.1, -0.05) is 6.08 Å². The number of carboxylic acid groups (broad SMARTS) is 1. The Morgan fingerprint density at radius 3 is 2.74 bits per heavy atom. The molecular weight excluding hydrogens is 248 g/mol. The van der Waals surface area contributed by atoms with E-state index < -0.39 is 17.9 Å². The Balaban J connectivity index is 1.91. The van der Waals surface area contributed by atoms with Crippen LogP contribution in [-0.4, -0.2) is 46.4 Å². The monoisotopic (exact) mass is 266 g/mol. The average molecular weight is 266 g/mol. The number of carbonyl (C=O) groups is 3. The summed E-state index contributed by atoms with van der Waals surface area (Å²) < 4.78 is 0. The molecule has 2 unspecified atom stereocenters. The van der Waals surface area contributed by atoms with Crippen molar-refractivity contribution < 1.29 is 19.5 Å². The molecule has 1 saturated heterocycles. The summed E-state index contributed by atoms with van der Waals surface area (Å²) in [6, 6.07) is -0.663. The number of nitrogens with zero attached hydrogens (tertiary/aromatic N) is 1. The number of aliphatic carboxylic acids is 1. The van der Waals surface area contributed by atoms with E-state index in [-0.39, 0.29) is 24.7 Å². The summed E-state index contributed by atoms with van der Waals surface area (Å²) in [4.78, 5) is 36.4. The van der Waals surface area contributed by atoms with Gasteiger partial charge < -0.3 is 15.3 Å². The predicted molar refractivity (Wildman–Crippen MR) is 67.2 cm³/mol. The zero-order valence-electron chi connectivity index (χ0n) is 10.7. The Bertz CT molecular complexity index is 417. The lowest BCUT2D eigenvalue weighted by atomic mass is 10.1. The molecule has 0 spiro atoms. The molecule has 104 valence electrons. The lowest BCUT2D eigenvalue weighted by Gasteiger charge is -2.17. The van der Waals surface area contributed by atoms with Crippen molar-refractivity contribution in [1.29, 1.82) is 0 Å². The molecular formula is C13H18N2O4. The first kappa shape index (κ1) is 13.6. The Kier molecular flexibility index (Phi) is 3.87. The zero-order chi connectivity index (χ0) is 14.0. The molecule has 0 aromatic rings. The highest BCUT2D eigenvalue weighted by Crippen LogP contribution is 2.32. The van der Waals surface area contributed by atoms with Crippen LogP contribution in [0.4, 0.5) is 0 Å². The van der Waals surface area contributed by atoms with Crippen molar-refractivity contribution in [3.05, 3.63) is 12.7 Å². The highest BCUT2D eigenvalue weighted by Gasteiger charge is 2.42. The van der Waals surface area contributed by atoms with Crippen molar-refractivity contribution in [3.8, 4) is 0 Å². The van der Waals surface area contributed by atoms with Gasteiger partial charge in [-0.25, -0.2) is 4.79 Å². The number of hydrogen-bond donors (Lipinski definition) is 2. The fraction of sp³-hybridized carbons (Fsp3) is 0.615. The number of rotatable bonds is 6. The number of hydrogen-bond acceptors (Lipinski definition) is 3. The minimum atomic E-state index is -1.09. The van der Waals surface area contributed by atoms with Gasteiger partial charge in [0.2, 0.25) is 11.8 Å². The molecule has 2 rings (SSSR count). The van der Waals surface area contributed by atoms with E-state index in [4.69, 9.17) is 5.11 Å². The standard InChI is InChI=1S/C13H18N2O4/c1-2-3-10(13(18)19)14-12(17)8-6-11(16)15(7-8)9-4-5-9/h2,8-10H,1,3-7H2,(H,14,17)(H,18,19). The summed E-state index contributed by atoms with van der Waals surface area (Å²) in [5, 5.41) is 11.4. The maximum Gasteiger partial charge on any atom is 0.326 e. The van der Waals surface area contributed by atoms with Crippen molar-refractivity contribution in [2.24, 2.45) is 5.92 Å². The quantitative estimate of drug-likeness (QED) is 0.670. The van der Waals surface area contributed by atoms with E-state index in [1.54, 1.807) is 4.90 Å². The molecule has 2 N–H and O–H groups in total. The largest absolute Gasteiger partial charge is 0.480 e. The maximum atomic E-state index is 12.0. The van der Waals surface area contributed by atoms with Gasteiger partial charge in [0.15, 0.2) is 0 Å². The third-order valence-corrected chi connectivity index (χ3v) is 3.53. The first-order valence-corrected chi connectivity index (χ1v) is 6.46. The second kappa shape index (κ2) is 5.42. The van der Waals surface area contributed by atoms with Gasteiger partial charge in [0, 0.05) is 19.0 Å². The minimum Gasteiger partial charge on any atom is -0.480 e. The summed E-state index contributed by atoms with van der Waals surface area (Å²) in [6.45, 7) is 3.88. The molecule has 0 radical (unpaired) electrons. The minimum absolute atomic E-state index is 0.00162. The van der Waals surface area contributed by atoms with E-state index >= 15 is 0 Å². The van der Waals surface area contributed by atoms with E-state index in [1.807, 2.05) is 0 Å². The van der Waals surface area contributed by atoms with E-state index in [0.717, 1.165) is 12.8 Å². The lowest BCUT2D eigenvalue weighted by molar-refractivity contribution is -0.142. The SMILES string of the molecule is C=CCC(NC(=O)C1CC(=O)N(C2CC2)C1)C(=O)O. The first-order valence-electron chi connectivity index (χ1n) is 6.46. The van der Waals surface area contributed by atoms with Gasteiger partial charge in [-0.3, -0.25) is 9.59 Å². The molecule has 2 amide bonds. The Morgan fingerprint density at radius 2 is 2.21 bits per heavy atom. The van der Waals surface area contributed by atoms with E-state index in [2.05, 4.69) is 11.9 Å². The fourth-order valence-corrected chi connectivity index (χ4v) is 2.32. The Labute approximate surface area is 111 Å². The molecule has 0 aromatic heterocycles. The summed E-state index contributed by atoms with van der Waals surface area (Å²) in [7, 11) is 0. The summed E-state index contributed by atoms with van der Waals surface area (Å²) in [5.74, 6) is -1.87. The third kappa shape index (κ3) is 3.13. The molecule has 6 heteroatoms. The van der Waals surface area contributed by atoms with Crippen molar-refractivity contribution >= 4 is 17.8 Å². The van der Waals surface area contributed by atoms with Crippen LogP contribution in [0.15, 0.2) is 12.7 Å². The molecule has 1 aliphatic heterocycles. The van der Waals surface area contributed by atoms with Crippen LogP contribution in [0.2, 0.25) is 0 Å². The van der Waals surface area contributed by atoms with Gasteiger partial charge in [-0.05, 0) is 19.3 Å². The highest BCUT2D eigenvalue weighted by atomic mass is 16.4. The van der Waals surface area contributed by atoms with Crippen molar-refractivity contribution in [3.63, 3.8) is 0 Å². The van der Waals surface area contributed by atoms with Crippen LogP contribution in [-0.2, 0) is 14.4 Å². The summed E-state index contributed by atoms with van der Waals surface area (Å²) in [5.41, 5.74) is 0. The van der Waals surface area contributed by atoms with E-state index in [1.165, 1.54) is 6.08 Å². The zero-order valence-corrected chi connectivity index (χ0v) is 10.7. The predicted octanol–water partition coefficient (Wildman–Crippen LogP) is 0.143. The molecule has 19 heavy (non-hydrogen) atoms. The highest BCUT2D eigenvalue weighted by molar-refractivity contribution is 5.91. The van der Waals surface area contributed by atoms with Crippen molar-refractivity contribution in [2.45, 2.75) is 37.8 Å². The molecule has 2 aliphatic rings. The molecule has 1 saturated carbocycles. The van der Waals surface area contributed by atoms with Crippen LogP contribution in [0.1, 0.15) is 25.7 Å². The van der Waals surface area contributed by atoms with Gasteiger partial charge >= 0.3 is 5.97 Å². The molecule has 1 aliphatic carbocycles. The van der Waals surface area contributed by atoms with Crippen molar-refractivity contribution in [1.82, 2.24) is 10.2 Å².